The average Bonchev–Trinajstić information content (AvgIpc) is 3.25. The summed E-state index contributed by atoms with van der Waals surface area (Å²) in [6.07, 6.45) is 1.01. The van der Waals surface area contributed by atoms with Crippen LogP contribution in [-0.2, 0) is 11.3 Å². The number of halogens is 2. The summed E-state index contributed by atoms with van der Waals surface area (Å²) >= 11 is 6.18. The van der Waals surface area contributed by atoms with E-state index in [-0.39, 0.29) is 17.8 Å². The number of amides is 1. The van der Waals surface area contributed by atoms with Crippen LogP contribution in [0.25, 0.3) is 11.4 Å². The Morgan fingerprint density at radius 2 is 1.96 bits per heavy atom. The van der Waals surface area contributed by atoms with Crippen LogP contribution < -0.4 is 0 Å². The lowest BCUT2D eigenvalue weighted by molar-refractivity contribution is -0.129. The molecule has 2 heterocycles. The Balaban J connectivity index is 1.59. The van der Waals surface area contributed by atoms with Crippen molar-refractivity contribution in [2.24, 2.45) is 0 Å². The highest BCUT2D eigenvalue weighted by atomic mass is 35.5. The van der Waals surface area contributed by atoms with Crippen molar-refractivity contribution in [1.82, 2.24) is 15.0 Å². The van der Waals surface area contributed by atoms with Crippen LogP contribution in [0, 0.1) is 5.82 Å². The fourth-order valence-corrected chi connectivity index (χ4v) is 3.32. The molecule has 0 radical (unpaired) electrons. The molecule has 1 unspecified atom stereocenters. The summed E-state index contributed by atoms with van der Waals surface area (Å²) in [4.78, 5) is 18.4. The summed E-state index contributed by atoms with van der Waals surface area (Å²) in [6.45, 7) is 0.369. The van der Waals surface area contributed by atoms with Gasteiger partial charge >= 0.3 is 0 Å². The fraction of sp³-hybridized carbons (Fsp3) is 0.211. The van der Waals surface area contributed by atoms with Crippen LogP contribution in [0.3, 0.4) is 0 Å². The Labute approximate surface area is 154 Å². The summed E-state index contributed by atoms with van der Waals surface area (Å²) in [5.74, 6) is 0.482. The van der Waals surface area contributed by atoms with E-state index in [1.807, 2.05) is 18.2 Å². The van der Waals surface area contributed by atoms with Gasteiger partial charge in [-0.1, -0.05) is 41.0 Å². The van der Waals surface area contributed by atoms with Gasteiger partial charge in [0, 0.05) is 18.5 Å². The van der Waals surface area contributed by atoms with Gasteiger partial charge in [0.2, 0.25) is 17.6 Å². The van der Waals surface area contributed by atoms with E-state index in [2.05, 4.69) is 10.1 Å². The van der Waals surface area contributed by atoms with Crippen molar-refractivity contribution < 1.29 is 13.7 Å². The number of rotatable bonds is 4. The minimum atomic E-state index is -0.306. The Bertz CT molecular complexity index is 942. The van der Waals surface area contributed by atoms with Crippen LogP contribution >= 0.6 is 11.6 Å². The third kappa shape index (κ3) is 3.20. The first-order chi connectivity index (χ1) is 12.6. The summed E-state index contributed by atoms with van der Waals surface area (Å²) in [5, 5.41) is 4.54. The van der Waals surface area contributed by atoms with E-state index in [1.165, 1.54) is 12.1 Å². The summed E-state index contributed by atoms with van der Waals surface area (Å²) < 4.78 is 18.5. The number of benzene rings is 2. The second kappa shape index (κ2) is 6.88. The monoisotopic (exact) mass is 371 g/mol. The van der Waals surface area contributed by atoms with Gasteiger partial charge in [0.1, 0.15) is 11.9 Å². The van der Waals surface area contributed by atoms with Gasteiger partial charge in [-0.2, -0.15) is 4.98 Å². The zero-order valence-corrected chi connectivity index (χ0v) is 14.5. The molecule has 0 aliphatic carbocycles. The van der Waals surface area contributed by atoms with E-state index in [9.17, 15) is 9.18 Å². The molecule has 1 atom stereocenters. The largest absolute Gasteiger partial charge is 0.337 e. The third-order valence-electron chi connectivity index (χ3n) is 4.44. The molecule has 2 aromatic carbocycles. The molecule has 1 aliphatic rings. The standard InChI is InChI=1S/C19H15ClFN3O2/c20-15-4-2-1-3-14(15)18-22-19(26-23-18)16-9-10-17(25)24(16)11-12-5-7-13(21)8-6-12/h1-8,16H,9-11H2. The predicted molar refractivity (Wildman–Crippen MR) is 93.7 cm³/mol. The van der Waals surface area contributed by atoms with Crippen LogP contribution in [0.4, 0.5) is 4.39 Å². The maximum Gasteiger partial charge on any atom is 0.249 e. The average molecular weight is 372 g/mol. The molecule has 1 saturated heterocycles. The predicted octanol–water partition coefficient (Wildman–Crippen LogP) is 4.39. The molecule has 5 nitrogen and oxygen atoms in total. The molecular formula is C19H15ClFN3O2. The van der Waals surface area contributed by atoms with Gasteiger partial charge in [-0.3, -0.25) is 4.79 Å². The lowest BCUT2D eigenvalue weighted by atomic mass is 10.1. The van der Waals surface area contributed by atoms with E-state index in [4.69, 9.17) is 16.1 Å². The lowest BCUT2D eigenvalue weighted by Crippen LogP contribution is -2.27. The second-order valence-electron chi connectivity index (χ2n) is 6.14. The second-order valence-corrected chi connectivity index (χ2v) is 6.55. The first-order valence-electron chi connectivity index (χ1n) is 8.24. The molecule has 1 aromatic heterocycles. The van der Waals surface area contributed by atoms with Gasteiger partial charge < -0.3 is 9.42 Å². The summed E-state index contributed by atoms with van der Waals surface area (Å²) in [5.41, 5.74) is 1.52. The molecule has 1 aliphatic heterocycles. The Morgan fingerprint density at radius 1 is 1.19 bits per heavy atom. The molecule has 7 heteroatoms. The van der Waals surface area contributed by atoms with Gasteiger partial charge in [-0.15, -0.1) is 0 Å². The zero-order chi connectivity index (χ0) is 18.1. The first kappa shape index (κ1) is 16.7. The number of carbonyl (C=O) groups excluding carboxylic acids is 1. The highest BCUT2D eigenvalue weighted by molar-refractivity contribution is 6.33. The smallest absolute Gasteiger partial charge is 0.249 e. The number of likely N-dealkylation sites (tertiary alicyclic amines) is 1. The van der Waals surface area contributed by atoms with Crippen molar-refractivity contribution in [2.75, 3.05) is 0 Å². The Kier molecular flexibility index (Phi) is 4.42. The van der Waals surface area contributed by atoms with Crippen molar-refractivity contribution in [3.05, 3.63) is 70.8 Å². The molecule has 1 amide bonds. The van der Waals surface area contributed by atoms with Crippen LogP contribution in [0.15, 0.2) is 53.1 Å². The third-order valence-corrected chi connectivity index (χ3v) is 4.77. The topological polar surface area (TPSA) is 59.2 Å². The van der Waals surface area contributed by atoms with Crippen molar-refractivity contribution in [3.8, 4) is 11.4 Å². The van der Waals surface area contributed by atoms with E-state index < -0.39 is 0 Å². The maximum atomic E-state index is 13.1. The summed E-state index contributed by atoms with van der Waals surface area (Å²) in [7, 11) is 0. The van der Waals surface area contributed by atoms with Gasteiger partial charge in [0.15, 0.2) is 0 Å². The molecule has 0 saturated carbocycles. The number of carbonyl (C=O) groups is 1. The van der Waals surface area contributed by atoms with Crippen LogP contribution in [0.5, 0.6) is 0 Å². The lowest BCUT2D eigenvalue weighted by Gasteiger charge is -2.22. The number of nitrogens with zero attached hydrogens (tertiary/aromatic N) is 3. The van der Waals surface area contributed by atoms with Crippen molar-refractivity contribution in [1.29, 1.82) is 0 Å². The van der Waals surface area contributed by atoms with E-state index in [0.717, 1.165) is 5.56 Å². The van der Waals surface area contributed by atoms with Crippen LogP contribution in [0.1, 0.15) is 30.3 Å². The first-order valence-corrected chi connectivity index (χ1v) is 8.62. The number of aromatic nitrogens is 2. The Morgan fingerprint density at radius 3 is 2.73 bits per heavy atom. The number of hydrogen-bond donors (Lipinski definition) is 0. The molecule has 26 heavy (non-hydrogen) atoms. The van der Waals surface area contributed by atoms with Crippen molar-refractivity contribution in [3.63, 3.8) is 0 Å². The molecule has 4 rings (SSSR count). The van der Waals surface area contributed by atoms with Gasteiger partial charge in [0.25, 0.3) is 0 Å². The van der Waals surface area contributed by atoms with Crippen LogP contribution in [-0.4, -0.2) is 20.9 Å². The Hall–Kier alpha value is -2.73. The zero-order valence-electron chi connectivity index (χ0n) is 13.7. The maximum absolute atomic E-state index is 13.1. The van der Waals surface area contributed by atoms with Gasteiger partial charge in [-0.25, -0.2) is 4.39 Å². The molecule has 132 valence electrons. The summed E-state index contributed by atoms with van der Waals surface area (Å²) in [6, 6.07) is 13.0. The molecule has 1 fully saturated rings. The van der Waals surface area contributed by atoms with Crippen molar-refractivity contribution in [2.45, 2.75) is 25.4 Å². The van der Waals surface area contributed by atoms with Crippen LogP contribution in [0.2, 0.25) is 5.02 Å². The van der Waals surface area contributed by atoms with E-state index >= 15 is 0 Å². The number of hydrogen-bond acceptors (Lipinski definition) is 4. The van der Waals surface area contributed by atoms with Gasteiger partial charge in [-0.05, 0) is 36.2 Å². The molecule has 0 spiro atoms. The van der Waals surface area contributed by atoms with Crippen molar-refractivity contribution >= 4 is 17.5 Å². The van der Waals surface area contributed by atoms with E-state index in [0.29, 0.717) is 41.7 Å². The molecule has 0 N–H and O–H groups in total. The minimum absolute atomic E-state index is 0.0109. The molecular weight excluding hydrogens is 357 g/mol. The van der Waals surface area contributed by atoms with E-state index in [1.54, 1.807) is 23.1 Å². The quantitative estimate of drug-likeness (QED) is 0.682. The highest BCUT2D eigenvalue weighted by Crippen LogP contribution is 2.35. The van der Waals surface area contributed by atoms with Gasteiger partial charge in [0.05, 0.1) is 5.02 Å². The fourth-order valence-electron chi connectivity index (χ4n) is 3.10. The minimum Gasteiger partial charge on any atom is -0.337 e. The highest BCUT2D eigenvalue weighted by Gasteiger charge is 2.36. The molecule has 0 bridgehead atoms. The SMILES string of the molecule is O=C1CCC(c2nc(-c3ccccc3Cl)no2)N1Cc1ccc(F)cc1. The normalized spacial score (nSPS) is 17.1. The molecule has 3 aromatic rings.